The number of nitrogens with zero attached hydrogens (tertiary/aromatic N) is 2. The number of imidazole rings is 1. The number of aromatic amines is 1. The number of anilines is 2. The standard InChI is InChI=1S/C23H17FN4O4/c1-12-5-4-8-18(19(12)24)28-20(29)14-6-2-3-7-15(14)23(28,32)13-9-10-16-17(11-13)26-21(25-16)27-22(30)31/h2-11,32H,1H3,(H,30,31)(H2,25,26,27). The summed E-state index contributed by atoms with van der Waals surface area (Å²) in [6.07, 6.45) is -1.28. The van der Waals surface area contributed by atoms with Crippen LogP contribution in [0.25, 0.3) is 11.0 Å². The lowest BCUT2D eigenvalue weighted by Gasteiger charge is -2.35. The van der Waals surface area contributed by atoms with Crippen LogP contribution in [-0.4, -0.2) is 32.2 Å². The molecule has 0 spiro atoms. The lowest BCUT2D eigenvalue weighted by atomic mass is 9.93. The van der Waals surface area contributed by atoms with Gasteiger partial charge in [-0.2, -0.15) is 0 Å². The highest BCUT2D eigenvalue weighted by molar-refractivity contribution is 6.12. The molecule has 2 amide bonds. The van der Waals surface area contributed by atoms with Crippen LogP contribution < -0.4 is 10.2 Å². The maximum absolute atomic E-state index is 15.1. The van der Waals surface area contributed by atoms with Gasteiger partial charge in [-0.15, -0.1) is 0 Å². The Labute approximate surface area is 180 Å². The predicted octanol–water partition coefficient (Wildman–Crippen LogP) is 3.95. The Kier molecular flexibility index (Phi) is 4.24. The summed E-state index contributed by atoms with van der Waals surface area (Å²) in [5.74, 6) is -1.13. The number of aryl methyl sites for hydroxylation is 1. The van der Waals surface area contributed by atoms with Crippen molar-refractivity contribution in [3.8, 4) is 0 Å². The number of aromatic nitrogens is 2. The minimum absolute atomic E-state index is 0.0149. The number of hydrogen-bond acceptors (Lipinski definition) is 4. The van der Waals surface area contributed by atoms with Gasteiger partial charge in [0.15, 0.2) is 5.72 Å². The van der Waals surface area contributed by atoms with E-state index in [1.807, 2.05) is 0 Å². The Morgan fingerprint density at radius 2 is 1.94 bits per heavy atom. The first-order valence-electron chi connectivity index (χ1n) is 9.72. The third kappa shape index (κ3) is 2.75. The SMILES string of the molecule is Cc1cccc(N2C(=O)c3ccccc3C2(O)c2ccc3nc(NC(=O)O)[nH]c3c2)c1F. The number of carbonyl (C=O) groups is 2. The van der Waals surface area contributed by atoms with Crippen LogP contribution >= 0.6 is 0 Å². The van der Waals surface area contributed by atoms with Crippen LogP contribution in [0, 0.1) is 12.7 Å². The average Bonchev–Trinajstić information content (AvgIpc) is 3.26. The van der Waals surface area contributed by atoms with Crippen LogP contribution in [0.4, 0.5) is 20.8 Å². The number of fused-ring (bicyclic) bond motifs is 2. The second-order valence-electron chi connectivity index (χ2n) is 7.51. The van der Waals surface area contributed by atoms with Crippen LogP contribution in [-0.2, 0) is 5.72 Å². The van der Waals surface area contributed by atoms with Crippen molar-refractivity contribution < 1.29 is 24.2 Å². The molecule has 0 bridgehead atoms. The van der Waals surface area contributed by atoms with E-state index < -0.39 is 23.5 Å². The van der Waals surface area contributed by atoms with Gasteiger partial charge in [0.2, 0.25) is 5.95 Å². The van der Waals surface area contributed by atoms with Crippen LogP contribution in [0.1, 0.15) is 27.0 Å². The fourth-order valence-corrected chi connectivity index (χ4v) is 4.12. The summed E-state index contributed by atoms with van der Waals surface area (Å²) in [6.45, 7) is 1.58. The van der Waals surface area contributed by atoms with Gasteiger partial charge in [-0.1, -0.05) is 36.4 Å². The molecule has 8 nitrogen and oxygen atoms in total. The zero-order valence-electron chi connectivity index (χ0n) is 16.8. The molecule has 5 rings (SSSR count). The number of nitrogens with one attached hydrogen (secondary N) is 2. The van der Waals surface area contributed by atoms with Gasteiger partial charge in [0.25, 0.3) is 5.91 Å². The third-order valence-corrected chi connectivity index (χ3v) is 5.58. The Morgan fingerprint density at radius 1 is 1.16 bits per heavy atom. The minimum Gasteiger partial charge on any atom is -0.465 e. The molecule has 1 unspecified atom stereocenters. The fraction of sp³-hybridized carbons (Fsp3) is 0.0870. The first-order chi connectivity index (χ1) is 15.3. The Morgan fingerprint density at radius 3 is 2.72 bits per heavy atom. The summed E-state index contributed by atoms with van der Waals surface area (Å²) in [5, 5.41) is 23.1. The van der Waals surface area contributed by atoms with Crippen LogP contribution in [0.3, 0.4) is 0 Å². The van der Waals surface area contributed by atoms with E-state index in [1.54, 1.807) is 61.5 Å². The molecule has 3 aromatic carbocycles. The van der Waals surface area contributed by atoms with Crippen molar-refractivity contribution in [2.24, 2.45) is 0 Å². The van der Waals surface area contributed by atoms with Crippen molar-refractivity contribution in [2.45, 2.75) is 12.6 Å². The second-order valence-corrected chi connectivity index (χ2v) is 7.51. The number of carbonyl (C=O) groups excluding carboxylic acids is 1. The van der Waals surface area contributed by atoms with Crippen molar-refractivity contribution >= 4 is 34.7 Å². The van der Waals surface area contributed by atoms with Crippen LogP contribution in [0.15, 0.2) is 60.7 Å². The predicted molar refractivity (Wildman–Crippen MR) is 115 cm³/mol. The molecule has 160 valence electrons. The van der Waals surface area contributed by atoms with Crippen LogP contribution in [0.5, 0.6) is 0 Å². The van der Waals surface area contributed by atoms with Gasteiger partial charge in [-0.3, -0.25) is 15.0 Å². The number of hydrogen-bond donors (Lipinski definition) is 4. The number of amides is 2. The number of benzene rings is 3. The topological polar surface area (TPSA) is 119 Å². The number of rotatable bonds is 3. The van der Waals surface area contributed by atoms with Crippen molar-refractivity contribution in [3.63, 3.8) is 0 Å². The highest BCUT2D eigenvalue weighted by Crippen LogP contribution is 2.46. The van der Waals surface area contributed by atoms with Crippen molar-refractivity contribution in [1.82, 2.24) is 9.97 Å². The molecule has 2 heterocycles. The summed E-state index contributed by atoms with van der Waals surface area (Å²) < 4.78 is 15.1. The molecule has 32 heavy (non-hydrogen) atoms. The molecule has 0 aliphatic carbocycles. The van der Waals surface area contributed by atoms with Gasteiger partial charge in [0, 0.05) is 16.7 Å². The van der Waals surface area contributed by atoms with Crippen molar-refractivity contribution in [3.05, 3.63) is 88.7 Å². The zero-order chi connectivity index (χ0) is 22.6. The molecule has 1 atom stereocenters. The number of H-pyrrole nitrogens is 1. The minimum atomic E-state index is -2.00. The summed E-state index contributed by atoms with van der Waals surface area (Å²) in [6, 6.07) is 15.9. The smallest absolute Gasteiger partial charge is 0.411 e. The Bertz CT molecular complexity index is 1420. The van der Waals surface area contributed by atoms with E-state index >= 15 is 4.39 Å². The summed E-state index contributed by atoms with van der Waals surface area (Å²) in [7, 11) is 0. The van der Waals surface area contributed by atoms with E-state index in [-0.39, 0.29) is 22.8 Å². The molecular weight excluding hydrogens is 415 g/mol. The largest absolute Gasteiger partial charge is 0.465 e. The van der Waals surface area contributed by atoms with Gasteiger partial charge in [-0.05, 0) is 36.8 Å². The number of halogens is 1. The number of aliphatic hydroxyl groups is 1. The maximum Gasteiger partial charge on any atom is 0.411 e. The van der Waals surface area contributed by atoms with E-state index in [4.69, 9.17) is 5.11 Å². The zero-order valence-corrected chi connectivity index (χ0v) is 16.8. The van der Waals surface area contributed by atoms with Crippen LogP contribution in [0.2, 0.25) is 0 Å². The molecule has 4 aromatic rings. The normalized spacial score (nSPS) is 17.6. The quantitative estimate of drug-likeness (QED) is 0.391. The second kappa shape index (κ2) is 6.89. The molecular formula is C23H17FN4O4. The monoisotopic (exact) mass is 432 g/mol. The van der Waals surface area contributed by atoms with Gasteiger partial charge >= 0.3 is 6.09 Å². The highest BCUT2D eigenvalue weighted by atomic mass is 19.1. The molecule has 0 saturated heterocycles. The average molecular weight is 432 g/mol. The Balaban J connectivity index is 1.74. The molecule has 0 saturated carbocycles. The summed E-state index contributed by atoms with van der Waals surface area (Å²) >= 11 is 0. The molecule has 1 aliphatic heterocycles. The van der Waals surface area contributed by atoms with E-state index in [1.165, 1.54) is 6.07 Å². The highest BCUT2D eigenvalue weighted by Gasteiger charge is 2.51. The number of carboxylic acid groups (broad SMARTS) is 1. The third-order valence-electron chi connectivity index (χ3n) is 5.58. The molecule has 0 fully saturated rings. The van der Waals surface area contributed by atoms with E-state index in [0.29, 0.717) is 22.2 Å². The molecule has 0 radical (unpaired) electrons. The lowest BCUT2D eigenvalue weighted by molar-refractivity contribution is 0.0699. The fourth-order valence-electron chi connectivity index (χ4n) is 4.12. The molecule has 1 aliphatic rings. The summed E-state index contributed by atoms with van der Waals surface area (Å²) in [5.41, 5.74) is 0.0289. The van der Waals surface area contributed by atoms with E-state index in [0.717, 1.165) is 4.90 Å². The lowest BCUT2D eigenvalue weighted by Crippen LogP contribution is -2.45. The van der Waals surface area contributed by atoms with E-state index in [9.17, 15) is 14.7 Å². The Hall–Kier alpha value is -4.24. The first kappa shape index (κ1) is 19.7. The van der Waals surface area contributed by atoms with Gasteiger partial charge in [0.05, 0.1) is 16.7 Å². The molecule has 4 N–H and O–H groups in total. The van der Waals surface area contributed by atoms with E-state index in [2.05, 4.69) is 15.3 Å². The molecule has 1 aromatic heterocycles. The van der Waals surface area contributed by atoms with Gasteiger partial charge in [-0.25, -0.2) is 14.2 Å². The summed E-state index contributed by atoms with van der Waals surface area (Å²) in [4.78, 5) is 32.3. The first-order valence-corrected chi connectivity index (χ1v) is 9.72. The van der Waals surface area contributed by atoms with Crippen molar-refractivity contribution in [1.29, 1.82) is 0 Å². The maximum atomic E-state index is 15.1. The molecule has 9 heteroatoms. The van der Waals surface area contributed by atoms with Gasteiger partial charge < -0.3 is 15.2 Å². The van der Waals surface area contributed by atoms with Crippen molar-refractivity contribution in [2.75, 3.05) is 10.2 Å². The van der Waals surface area contributed by atoms with Gasteiger partial charge in [0.1, 0.15) is 5.82 Å².